The molecule has 0 amide bonds. The van der Waals surface area contributed by atoms with Crippen molar-refractivity contribution in [2.75, 3.05) is 7.11 Å². The molecule has 1 atom stereocenters. The van der Waals surface area contributed by atoms with Crippen LogP contribution in [0.3, 0.4) is 0 Å². The van der Waals surface area contributed by atoms with Gasteiger partial charge in [0.25, 0.3) is 0 Å². The minimum absolute atomic E-state index is 0.125. The van der Waals surface area contributed by atoms with Crippen molar-refractivity contribution in [3.05, 3.63) is 36.4 Å². The van der Waals surface area contributed by atoms with Gasteiger partial charge in [-0.3, -0.25) is 4.79 Å². The van der Waals surface area contributed by atoms with E-state index in [4.69, 9.17) is 0 Å². The third-order valence-corrected chi connectivity index (χ3v) is 4.05. The third-order valence-electron chi connectivity index (χ3n) is 2.87. The first-order valence-corrected chi connectivity index (χ1v) is 6.94. The van der Waals surface area contributed by atoms with Crippen molar-refractivity contribution in [2.45, 2.75) is 23.5 Å². The number of hydrogen-bond donors (Lipinski definition) is 1. The van der Waals surface area contributed by atoms with Crippen LogP contribution < -0.4 is 0 Å². The Balaban J connectivity index is 2.26. The summed E-state index contributed by atoms with van der Waals surface area (Å²) in [5.74, 6) is 0.0728. The topological polar surface area (TPSA) is 46.5 Å². The fourth-order valence-electron chi connectivity index (χ4n) is 1.93. The van der Waals surface area contributed by atoms with Gasteiger partial charge >= 0.3 is 5.97 Å². The Morgan fingerprint density at radius 1 is 1.26 bits per heavy atom. The molecular weight excluding hydrogens is 260 g/mol. The van der Waals surface area contributed by atoms with Gasteiger partial charge in [-0.2, -0.15) is 0 Å². The summed E-state index contributed by atoms with van der Waals surface area (Å²) in [6.07, 6.45) is 0.371. The van der Waals surface area contributed by atoms with E-state index in [9.17, 15) is 9.90 Å². The normalized spacial score (nSPS) is 12.3. The molecule has 100 valence electrons. The molecule has 0 aliphatic heterocycles. The van der Waals surface area contributed by atoms with Crippen LogP contribution >= 0.6 is 11.8 Å². The van der Waals surface area contributed by atoms with Crippen LogP contribution in [0.2, 0.25) is 0 Å². The summed E-state index contributed by atoms with van der Waals surface area (Å²) in [5, 5.41) is 11.8. The van der Waals surface area contributed by atoms with Crippen LogP contribution in [0.1, 0.15) is 13.3 Å². The second-order valence-corrected chi connectivity index (χ2v) is 5.82. The quantitative estimate of drug-likeness (QED) is 0.684. The zero-order valence-corrected chi connectivity index (χ0v) is 11.7. The monoisotopic (exact) mass is 276 g/mol. The van der Waals surface area contributed by atoms with Gasteiger partial charge in [-0.05, 0) is 17.5 Å². The van der Waals surface area contributed by atoms with Crippen LogP contribution in [0, 0.1) is 0 Å². The van der Waals surface area contributed by atoms with Gasteiger partial charge in [0.1, 0.15) is 5.75 Å². The highest BCUT2D eigenvalue weighted by Crippen LogP contribution is 2.35. The van der Waals surface area contributed by atoms with Crippen LogP contribution in [0.5, 0.6) is 5.75 Å². The molecule has 19 heavy (non-hydrogen) atoms. The number of benzene rings is 2. The summed E-state index contributed by atoms with van der Waals surface area (Å²) >= 11 is 1.61. The second-order valence-electron chi connectivity index (χ2n) is 4.34. The largest absolute Gasteiger partial charge is 0.507 e. The Morgan fingerprint density at radius 3 is 2.63 bits per heavy atom. The van der Waals surface area contributed by atoms with Crippen LogP contribution in [-0.2, 0) is 9.53 Å². The maximum atomic E-state index is 11.3. The van der Waals surface area contributed by atoms with E-state index in [-0.39, 0.29) is 17.0 Å². The highest BCUT2D eigenvalue weighted by molar-refractivity contribution is 8.00. The number of esters is 1. The summed E-state index contributed by atoms with van der Waals surface area (Å²) in [6.45, 7) is 1.99. The van der Waals surface area contributed by atoms with Crippen LogP contribution in [0.25, 0.3) is 10.8 Å². The van der Waals surface area contributed by atoms with Crippen molar-refractivity contribution in [3.63, 3.8) is 0 Å². The predicted octanol–water partition coefficient (Wildman–Crippen LogP) is 3.59. The number of phenols is 1. The molecule has 0 saturated carbocycles. The van der Waals surface area contributed by atoms with Crippen LogP contribution in [0.4, 0.5) is 0 Å². The lowest BCUT2D eigenvalue weighted by molar-refractivity contribution is -0.140. The van der Waals surface area contributed by atoms with E-state index in [1.165, 1.54) is 7.11 Å². The van der Waals surface area contributed by atoms with Gasteiger partial charge in [0, 0.05) is 15.5 Å². The van der Waals surface area contributed by atoms with Crippen molar-refractivity contribution < 1.29 is 14.6 Å². The molecular formula is C15H16O3S. The smallest absolute Gasteiger partial charge is 0.306 e. The number of ether oxygens (including phenoxy) is 1. The third kappa shape index (κ3) is 3.20. The Hall–Kier alpha value is -1.68. The van der Waals surface area contributed by atoms with Gasteiger partial charge < -0.3 is 9.84 Å². The number of methoxy groups -OCH3 is 1. The number of carbonyl (C=O) groups excluding carboxylic acids is 1. The Labute approximate surface area is 116 Å². The van der Waals surface area contributed by atoms with Crippen LogP contribution in [0.15, 0.2) is 41.3 Å². The minimum Gasteiger partial charge on any atom is -0.507 e. The fraction of sp³-hybridized carbons (Fsp3) is 0.267. The molecule has 0 spiro atoms. The summed E-state index contributed by atoms with van der Waals surface area (Å²) < 4.78 is 4.67. The molecule has 0 aromatic heterocycles. The van der Waals surface area contributed by atoms with Crippen molar-refractivity contribution >= 4 is 28.5 Å². The standard InChI is InChI=1S/C15H16O3S/c1-10(9-15(17)18-2)19-14-8-7-13(16)11-5-3-4-6-12(11)14/h3-8,10,16H,9H2,1-2H3. The van der Waals surface area contributed by atoms with E-state index in [1.807, 2.05) is 37.3 Å². The van der Waals surface area contributed by atoms with Crippen molar-refractivity contribution in [2.24, 2.45) is 0 Å². The maximum absolute atomic E-state index is 11.3. The Bertz CT molecular complexity index is 595. The molecule has 1 unspecified atom stereocenters. The van der Waals surface area contributed by atoms with E-state index in [0.29, 0.717) is 6.42 Å². The summed E-state index contributed by atoms with van der Waals surface area (Å²) in [5.41, 5.74) is 0. The van der Waals surface area contributed by atoms with Gasteiger partial charge in [-0.15, -0.1) is 11.8 Å². The first-order chi connectivity index (χ1) is 9.11. The summed E-state index contributed by atoms with van der Waals surface area (Å²) in [7, 11) is 1.40. The lowest BCUT2D eigenvalue weighted by Gasteiger charge is -2.12. The number of phenolic OH excluding ortho intramolecular Hbond substituents is 1. The summed E-state index contributed by atoms with van der Waals surface area (Å²) in [4.78, 5) is 12.3. The molecule has 0 heterocycles. The van der Waals surface area contributed by atoms with Gasteiger partial charge in [0.15, 0.2) is 0 Å². The van der Waals surface area contributed by atoms with E-state index in [1.54, 1.807) is 17.8 Å². The molecule has 0 aliphatic rings. The molecule has 2 aromatic rings. The van der Waals surface area contributed by atoms with Gasteiger partial charge in [0.05, 0.1) is 13.5 Å². The lowest BCUT2D eigenvalue weighted by atomic mass is 10.1. The molecule has 4 heteroatoms. The highest BCUT2D eigenvalue weighted by Gasteiger charge is 2.13. The number of carbonyl (C=O) groups is 1. The number of aromatic hydroxyl groups is 1. The first kappa shape index (κ1) is 13.7. The number of fused-ring (bicyclic) bond motifs is 1. The number of hydrogen-bond acceptors (Lipinski definition) is 4. The van der Waals surface area contributed by atoms with Crippen LogP contribution in [-0.4, -0.2) is 23.4 Å². The van der Waals surface area contributed by atoms with E-state index in [2.05, 4.69) is 4.74 Å². The number of rotatable bonds is 4. The predicted molar refractivity (Wildman–Crippen MR) is 77.6 cm³/mol. The highest BCUT2D eigenvalue weighted by atomic mass is 32.2. The van der Waals surface area contributed by atoms with E-state index < -0.39 is 0 Å². The van der Waals surface area contributed by atoms with E-state index >= 15 is 0 Å². The molecule has 3 nitrogen and oxygen atoms in total. The van der Waals surface area contributed by atoms with Gasteiger partial charge in [-0.25, -0.2) is 0 Å². The minimum atomic E-state index is -0.205. The molecule has 1 N–H and O–H groups in total. The van der Waals surface area contributed by atoms with Gasteiger partial charge in [-0.1, -0.05) is 31.2 Å². The average molecular weight is 276 g/mol. The second kappa shape index (κ2) is 5.97. The zero-order chi connectivity index (χ0) is 13.8. The molecule has 0 aliphatic carbocycles. The average Bonchev–Trinajstić information content (AvgIpc) is 2.42. The maximum Gasteiger partial charge on any atom is 0.306 e. The molecule has 0 fully saturated rings. The SMILES string of the molecule is COC(=O)CC(C)Sc1ccc(O)c2ccccc12. The first-order valence-electron chi connectivity index (χ1n) is 6.06. The summed E-state index contributed by atoms with van der Waals surface area (Å²) in [6, 6.07) is 11.3. The molecule has 2 rings (SSSR count). The molecule has 0 bridgehead atoms. The van der Waals surface area contributed by atoms with Gasteiger partial charge in [0.2, 0.25) is 0 Å². The zero-order valence-electron chi connectivity index (χ0n) is 10.9. The molecule has 0 saturated heterocycles. The fourth-order valence-corrected chi connectivity index (χ4v) is 3.04. The molecule has 0 radical (unpaired) electrons. The van der Waals surface area contributed by atoms with E-state index in [0.717, 1.165) is 15.7 Å². The Kier molecular flexibility index (Phi) is 4.32. The number of thioether (sulfide) groups is 1. The van der Waals surface area contributed by atoms with Crippen molar-refractivity contribution in [1.82, 2.24) is 0 Å². The van der Waals surface area contributed by atoms with Crippen molar-refractivity contribution in [1.29, 1.82) is 0 Å². The van der Waals surface area contributed by atoms with Crippen molar-refractivity contribution in [3.8, 4) is 5.75 Å². The lowest BCUT2D eigenvalue weighted by Crippen LogP contribution is -2.08. The Morgan fingerprint density at radius 2 is 1.95 bits per heavy atom. The molecule has 2 aromatic carbocycles.